The summed E-state index contributed by atoms with van der Waals surface area (Å²) in [6.45, 7) is 1.91. The Morgan fingerprint density at radius 3 is 2.32 bits per heavy atom. The highest BCUT2D eigenvalue weighted by Gasteiger charge is 2.34. The Hall–Kier alpha value is -2.88. The molecule has 37 heavy (non-hydrogen) atoms. The fourth-order valence-corrected chi connectivity index (χ4v) is 5.14. The number of amides is 2. The molecule has 2 amide bonds. The van der Waals surface area contributed by atoms with Gasteiger partial charge in [-0.2, -0.15) is 0 Å². The Morgan fingerprint density at radius 2 is 1.62 bits per heavy atom. The van der Waals surface area contributed by atoms with Crippen molar-refractivity contribution in [3.63, 3.8) is 0 Å². The molecule has 3 N–H and O–H groups in total. The number of aliphatic hydroxyl groups is 2. The zero-order valence-corrected chi connectivity index (χ0v) is 22.2. The van der Waals surface area contributed by atoms with Crippen LogP contribution < -0.4 is 10.2 Å². The first-order valence-electron chi connectivity index (χ1n) is 11.7. The number of hydrogen-bond acceptors (Lipinski definition) is 6. The van der Waals surface area contributed by atoms with Gasteiger partial charge in [0.05, 0.1) is 17.3 Å². The number of anilines is 1. The van der Waals surface area contributed by atoms with E-state index in [1.807, 2.05) is 72.1 Å². The largest absolute Gasteiger partial charge is 0.380 e. The third kappa shape index (κ3) is 7.12. The predicted octanol–water partition coefficient (Wildman–Crippen LogP) is 3.91. The maximum absolute atomic E-state index is 12.7. The van der Waals surface area contributed by atoms with Crippen LogP contribution in [0.3, 0.4) is 0 Å². The van der Waals surface area contributed by atoms with Gasteiger partial charge in [0.1, 0.15) is 0 Å². The molecule has 1 aliphatic rings. The van der Waals surface area contributed by atoms with Crippen LogP contribution in [0.25, 0.3) is 12.2 Å². The van der Waals surface area contributed by atoms with Crippen molar-refractivity contribution in [1.29, 1.82) is 0 Å². The summed E-state index contributed by atoms with van der Waals surface area (Å²) in [4.78, 5) is 29.5. The first-order chi connectivity index (χ1) is 17.8. The van der Waals surface area contributed by atoms with Crippen LogP contribution in [0.4, 0.5) is 5.69 Å². The first-order valence-corrected chi connectivity index (χ1v) is 13.4. The normalized spacial score (nSPS) is 15.6. The van der Waals surface area contributed by atoms with Crippen LogP contribution in [-0.2, 0) is 16.1 Å². The molecule has 2 atom stereocenters. The molecule has 1 fully saturated rings. The molecule has 0 aliphatic carbocycles. The number of halogens is 2. The average Bonchev–Trinajstić information content (AvgIpc) is 3.38. The highest BCUT2D eigenvalue weighted by molar-refractivity contribution is 7.10. The van der Waals surface area contributed by atoms with Crippen LogP contribution in [0.5, 0.6) is 0 Å². The van der Waals surface area contributed by atoms with Gasteiger partial charge in [0, 0.05) is 36.1 Å². The molecule has 0 radical (unpaired) electrons. The lowest BCUT2D eigenvalue weighted by atomic mass is 10.1. The molecule has 1 aromatic heterocycles. The fourth-order valence-electron chi connectivity index (χ4n) is 3.96. The van der Waals surface area contributed by atoms with Crippen molar-refractivity contribution in [2.75, 3.05) is 31.1 Å². The number of carbonyl (C=O) groups is 2. The molecule has 0 unspecified atom stereocenters. The molecule has 0 saturated carbocycles. The van der Waals surface area contributed by atoms with Gasteiger partial charge in [0.15, 0.2) is 12.2 Å². The second-order valence-electron chi connectivity index (χ2n) is 8.60. The predicted molar refractivity (Wildman–Crippen MR) is 149 cm³/mol. The summed E-state index contributed by atoms with van der Waals surface area (Å²) in [6.07, 6.45) is 0.209. The number of hydrogen-bond donors (Lipinski definition) is 3. The Bertz CT molecular complexity index is 1260. The molecule has 1 saturated heterocycles. The summed E-state index contributed by atoms with van der Waals surface area (Å²) in [5.74, 6) is -1.48. The van der Waals surface area contributed by atoms with Crippen molar-refractivity contribution in [2.45, 2.75) is 18.8 Å². The van der Waals surface area contributed by atoms with Gasteiger partial charge in [-0.05, 0) is 46.8 Å². The van der Waals surface area contributed by atoms with Gasteiger partial charge < -0.3 is 25.3 Å². The summed E-state index contributed by atoms with van der Waals surface area (Å²) in [5, 5.41) is 26.5. The molecule has 0 bridgehead atoms. The third-order valence-corrected chi connectivity index (χ3v) is 7.58. The zero-order chi connectivity index (χ0) is 26.4. The van der Waals surface area contributed by atoms with Gasteiger partial charge in [-0.25, -0.2) is 0 Å². The van der Waals surface area contributed by atoms with Gasteiger partial charge in [-0.15, -0.1) is 11.3 Å². The molecule has 2 aromatic carbocycles. The summed E-state index contributed by atoms with van der Waals surface area (Å²) < 4.78 is 0. The molecule has 3 aromatic rings. The molecule has 1 aliphatic heterocycles. The van der Waals surface area contributed by atoms with Crippen LogP contribution in [0, 0.1) is 0 Å². The molecule has 4 rings (SSSR count). The van der Waals surface area contributed by atoms with Gasteiger partial charge in [-0.1, -0.05) is 59.6 Å². The Morgan fingerprint density at radius 1 is 0.946 bits per heavy atom. The SMILES string of the molecule is O=C(NCc1cc(/C=C/c2ccc(Cl)cc2)cs1)[C@H](O)[C@@H](O)C(=O)N1CCN(c2ccccc2Cl)CC1. The summed E-state index contributed by atoms with van der Waals surface area (Å²) in [6, 6.07) is 16.9. The highest BCUT2D eigenvalue weighted by Crippen LogP contribution is 2.26. The second kappa shape index (κ2) is 12.6. The number of carbonyl (C=O) groups excluding carboxylic acids is 2. The number of nitrogens with one attached hydrogen (secondary N) is 1. The Labute approximate surface area is 229 Å². The topological polar surface area (TPSA) is 93.1 Å². The number of nitrogens with zero attached hydrogens (tertiary/aromatic N) is 2. The number of rotatable bonds is 8. The van der Waals surface area contributed by atoms with Crippen LogP contribution in [0.1, 0.15) is 16.0 Å². The number of para-hydroxylation sites is 1. The minimum atomic E-state index is -1.86. The van der Waals surface area contributed by atoms with Crippen LogP contribution in [0.15, 0.2) is 60.0 Å². The minimum Gasteiger partial charge on any atom is -0.380 e. The van der Waals surface area contributed by atoms with E-state index in [1.165, 1.54) is 16.2 Å². The minimum absolute atomic E-state index is 0.173. The average molecular weight is 561 g/mol. The molecule has 194 valence electrons. The zero-order valence-electron chi connectivity index (χ0n) is 19.9. The third-order valence-electron chi connectivity index (χ3n) is 6.05. The van der Waals surface area contributed by atoms with E-state index in [4.69, 9.17) is 23.2 Å². The first kappa shape index (κ1) is 27.2. The summed E-state index contributed by atoms with van der Waals surface area (Å²) >= 11 is 13.6. The van der Waals surface area contributed by atoms with E-state index in [0.717, 1.165) is 21.7 Å². The molecular weight excluding hydrogens is 533 g/mol. The number of aliphatic hydroxyl groups excluding tert-OH is 2. The highest BCUT2D eigenvalue weighted by atomic mass is 35.5. The van der Waals surface area contributed by atoms with E-state index in [0.29, 0.717) is 36.2 Å². The van der Waals surface area contributed by atoms with Crippen LogP contribution >= 0.6 is 34.5 Å². The maximum Gasteiger partial charge on any atom is 0.254 e. The van der Waals surface area contributed by atoms with E-state index in [2.05, 4.69) is 10.2 Å². The monoisotopic (exact) mass is 559 g/mol. The number of thiophene rings is 1. The quantitative estimate of drug-likeness (QED) is 0.389. The Balaban J connectivity index is 1.24. The van der Waals surface area contributed by atoms with Crippen molar-refractivity contribution < 1.29 is 19.8 Å². The molecule has 0 spiro atoms. The van der Waals surface area contributed by atoms with Crippen molar-refractivity contribution in [1.82, 2.24) is 10.2 Å². The number of benzene rings is 2. The standard InChI is InChI=1S/C27H27Cl2N3O4S/c28-20-9-7-18(8-10-20)5-6-19-15-21(37-17-19)16-30-26(35)24(33)25(34)27(36)32-13-11-31(12-14-32)23-4-2-1-3-22(23)29/h1-10,15,17,24-25,33-34H,11-14,16H2,(H,30,35)/b6-5+/t24-,25-/m1/s1. The van der Waals surface area contributed by atoms with Gasteiger partial charge in [-0.3, -0.25) is 9.59 Å². The summed E-state index contributed by atoms with van der Waals surface area (Å²) in [7, 11) is 0. The van der Waals surface area contributed by atoms with Crippen molar-refractivity contribution in [3.05, 3.63) is 86.0 Å². The van der Waals surface area contributed by atoms with E-state index in [9.17, 15) is 19.8 Å². The van der Waals surface area contributed by atoms with E-state index < -0.39 is 24.0 Å². The molecular formula is C27H27Cl2N3O4S. The molecule has 2 heterocycles. The van der Waals surface area contributed by atoms with Crippen LogP contribution in [0.2, 0.25) is 10.0 Å². The lowest BCUT2D eigenvalue weighted by molar-refractivity contribution is -0.153. The van der Waals surface area contributed by atoms with Gasteiger partial charge in [0.2, 0.25) is 0 Å². The van der Waals surface area contributed by atoms with Crippen LogP contribution in [-0.4, -0.2) is 65.3 Å². The summed E-state index contributed by atoms with van der Waals surface area (Å²) in [5.41, 5.74) is 2.86. The van der Waals surface area contributed by atoms with Crippen molar-refractivity contribution in [3.8, 4) is 0 Å². The fraction of sp³-hybridized carbons (Fsp3) is 0.259. The lowest BCUT2D eigenvalue weighted by Crippen LogP contribution is -2.55. The van der Waals surface area contributed by atoms with Gasteiger partial charge >= 0.3 is 0 Å². The van der Waals surface area contributed by atoms with E-state index >= 15 is 0 Å². The molecule has 10 heteroatoms. The lowest BCUT2D eigenvalue weighted by Gasteiger charge is -2.37. The smallest absolute Gasteiger partial charge is 0.254 e. The number of piperazine rings is 1. The van der Waals surface area contributed by atoms with E-state index in [-0.39, 0.29) is 6.54 Å². The second-order valence-corrected chi connectivity index (χ2v) is 10.4. The maximum atomic E-state index is 12.7. The molecule has 7 nitrogen and oxygen atoms in total. The Kier molecular flexibility index (Phi) is 9.23. The van der Waals surface area contributed by atoms with Gasteiger partial charge in [0.25, 0.3) is 11.8 Å². The van der Waals surface area contributed by atoms with Crippen molar-refractivity contribution in [2.24, 2.45) is 0 Å². The van der Waals surface area contributed by atoms with Crippen molar-refractivity contribution >= 4 is 64.2 Å². The van der Waals surface area contributed by atoms with E-state index in [1.54, 1.807) is 0 Å².